The van der Waals surface area contributed by atoms with E-state index in [9.17, 15) is 25.0 Å². The molecule has 0 saturated carbocycles. The molecule has 1 amide bonds. The first kappa shape index (κ1) is 16.9. The second-order valence-electron chi connectivity index (χ2n) is 4.78. The summed E-state index contributed by atoms with van der Waals surface area (Å²) in [5, 5.41) is 24.2. The molecule has 0 heterocycles. The largest absolute Gasteiger partial charge is 0.497 e. The molecule has 2 aromatic rings. The number of carbonyl (C=O) groups excluding carboxylic acids is 1. The number of amides is 1. The number of methoxy groups -OCH3 is 1. The average Bonchev–Trinajstić information content (AvgIpc) is 2.59. The van der Waals surface area contributed by atoms with Crippen molar-refractivity contribution in [3.8, 4) is 5.75 Å². The lowest BCUT2D eigenvalue weighted by molar-refractivity contribution is -0.394. The highest BCUT2D eigenvalue weighted by Gasteiger charge is 2.19. The van der Waals surface area contributed by atoms with E-state index in [1.165, 1.54) is 7.11 Å². The van der Waals surface area contributed by atoms with E-state index < -0.39 is 27.1 Å². The van der Waals surface area contributed by atoms with Crippen LogP contribution in [0.25, 0.3) is 0 Å². The third-order valence-electron chi connectivity index (χ3n) is 3.20. The summed E-state index contributed by atoms with van der Waals surface area (Å²) in [4.78, 5) is 32.2. The first-order valence-corrected chi connectivity index (χ1v) is 6.75. The number of rotatable bonds is 6. The first-order chi connectivity index (χ1) is 11.4. The predicted molar refractivity (Wildman–Crippen MR) is 83.9 cm³/mol. The standard InChI is InChI=1S/C15H13N3O6/c1-24-14-4-2-10(3-5-14)9-16-15(19)11-6-12(17(20)21)8-13(7-11)18(22)23/h2-8H,9H2,1H3,(H,16,19). The van der Waals surface area contributed by atoms with Crippen molar-refractivity contribution in [2.75, 3.05) is 7.11 Å². The van der Waals surface area contributed by atoms with Gasteiger partial charge >= 0.3 is 0 Å². The van der Waals surface area contributed by atoms with Crippen molar-refractivity contribution < 1.29 is 19.4 Å². The van der Waals surface area contributed by atoms with E-state index in [1.807, 2.05) is 0 Å². The van der Waals surface area contributed by atoms with Gasteiger partial charge in [-0.1, -0.05) is 12.1 Å². The minimum absolute atomic E-state index is 0.149. The number of nitro groups is 2. The lowest BCUT2D eigenvalue weighted by Crippen LogP contribution is -2.23. The molecule has 0 unspecified atom stereocenters. The fourth-order valence-corrected chi connectivity index (χ4v) is 1.96. The number of nitrogens with one attached hydrogen (secondary N) is 1. The van der Waals surface area contributed by atoms with Crippen LogP contribution in [0, 0.1) is 20.2 Å². The van der Waals surface area contributed by atoms with Crippen molar-refractivity contribution in [3.05, 3.63) is 73.8 Å². The fourth-order valence-electron chi connectivity index (χ4n) is 1.96. The van der Waals surface area contributed by atoms with Crippen molar-refractivity contribution in [2.45, 2.75) is 6.54 Å². The summed E-state index contributed by atoms with van der Waals surface area (Å²) in [5.41, 5.74) is -0.397. The number of ether oxygens (including phenoxy) is 1. The molecule has 0 aliphatic heterocycles. The van der Waals surface area contributed by atoms with E-state index in [4.69, 9.17) is 4.74 Å². The minimum atomic E-state index is -0.784. The highest BCUT2D eigenvalue weighted by molar-refractivity contribution is 5.95. The van der Waals surface area contributed by atoms with Gasteiger partial charge in [0.2, 0.25) is 0 Å². The molecular weight excluding hydrogens is 318 g/mol. The SMILES string of the molecule is COc1ccc(CNC(=O)c2cc([N+](=O)[O-])cc([N+](=O)[O-])c2)cc1. The van der Waals surface area contributed by atoms with E-state index in [1.54, 1.807) is 24.3 Å². The van der Waals surface area contributed by atoms with Crippen molar-refractivity contribution in [1.29, 1.82) is 0 Å². The average molecular weight is 331 g/mol. The first-order valence-electron chi connectivity index (χ1n) is 6.75. The fraction of sp³-hybridized carbons (Fsp3) is 0.133. The van der Waals surface area contributed by atoms with Crippen molar-refractivity contribution >= 4 is 17.3 Å². The van der Waals surface area contributed by atoms with Gasteiger partial charge in [-0.05, 0) is 17.7 Å². The molecule has 24 heavy (non-hydrogen) atoms. The number of benzene rings is 2. The predicted octanol–water partition coefficient (Wildman–Crippen LogP) is 2.44. The van der Waals surface area contributed by atoms with Crippen LogP contribution in [0.1, 0.15) is 15.9 Å². The Balaban J connectivity index is 2.16. The quantitative estimate of drug-likeness (QED) is 0.640. The number of carbonyl (C=O) groups is 1. The normalized spacial score (nSPS) is 10.0. The molecular formula is C15H13N3O6. The molecule has 0 aliphatic carbocycles. The molecule has 0 fully saturated rings. The summed E-state index contributed by atoms with van der Waals surface area (Å²) in [7, 11) is 1.53. The maximum atomic E-state index is 12.1. The topological polar surface area (TPSA) is 125 Å². The zero-order valence-electron chi connectivity index (χ0n) is 12.6. The molecule has 0 bridgehead atoms. The summed E-state index contributed by atoms with van der Waals surface area (Å²) in [6.45, 7) is 0.166. The van der Waals surface area contributed by atoms with Crippen LogP contribution in [0.3, 0.4) is 0 Å². The van der Waals surface area contributed by atoms with Gasteiger partial charge in [0.25, 0.3) is 17.3 Å². The third-order valence-corrected chi connectivity index (χ3v) is 3.20. The van der Waals surface area contributed by atoms with E-state index in [0.29, 0.717) is 5.75 Å². The van der Waals surface area contributed by atoms with Crippen molar-refractivity contribution in [2.24, 2.45) is 0 Å². The third kappa shape index (κ3) is 4.03. The lowest BCUT2D eigenvalue weighted by Gasteiger charge is -2.06. The molecule has 124 valence electrons. The van der Waals surface area contributed by atoms with Crippen LogP contribution < -0.4 is 10.1 Å². The van der Waals surface area contributed by atoms with Gasteiger partial charge in [0.05, 0.1) is 28.6 Å². The van der Waals surface area contributed by atoms with Gasteiger partial charge in [-0.2, -0.15) is 0 Å². The maximum absolute atomic E-state index is 12.1. The van der Waals surface area contributed by atoms with Crippen LogP contribution in [0.2, 0.25) is 0 Å². The second-order valence-corrected chi connectivity index (χ2v) is 4.78. The lowest BCUT2D eigenvalue weighted by atomic mass is 10.1. The summed E-state index contributed by atoms with van der Waals surface area (Å²) < 4.78 is 5.02. The van der Waals surface area contributed by atoms with Crippen LogP contribution in [0.5, 0.6) is 5.75 Å². The molecule has 9 nitrogen and oxygen atoms in total. The molecule has 0 aromatic heterocycles. The molecule has 0 radical (unpaired) electrons. The van der Waals surface area contributed by atoms with Gasteiger partial charge in [0.1, 0.15) is 5.75 Å². The van der Waals surface area contributed by atoms with Crippen LogP contribution in [0.15, 0.2) is 42.5 Å². The molecule has 0 saturated heterocycles. The Hall–Kier alpha value is -3.49. The summed E-state index contributed by atoms with van der Waals surface area (Å²) in [6, 6.07) is 9.73. The van der Waals surface area contributed by atoms with Gasteiger partial charge in [-0.15, -0.1) is 0 Å². The Labute approximate surface area is 136 Å². The maximum Gasteiger partial charge on any atom is 0.277 e. The van der Waals surface area contributed by atoms with Gasteiger partial charge in [0.15, 0.2) is 0 Å². The Bertz CT molecular complexity index is 756. The monoisotopic (exact) mass is 331 g/mol. The number of nitrogens with zero attached hydrogens (tertiary/aromatic N) is 2. The molecule has 2 aromatic carbocycles. The second kappa shape index (κ2) is 7.18. The van der Waals surface area contributed by atoms with Crippen LogP contribution in [0.4, 0.5) is 11.4 Å². The Morgan fingerprint density at radius 2 is 1.58 bits per heavy atom. The number of non-ortho nitro benzene ring substituents is 2. The Morgan fingerprint density at radius 1 is 1.04 bits per heavy atom. The van der Waals surface area contributed by atoms with E-state index >= 15 is 0 Å². The summed E-state index contributed by atoms with van der Waals surface area (Å²) >= 11 is 0. The summed E-state index contributed by atoms with van der Waals surface area (Å²) in [5.74, 6) is 0.0250. The molecule has 9 heteroatoms. The molecule has 0 aliphatic rings. The highest BCUT2D eigenvalue weighted by atomic mass is 16.6. The number of nitro benzene ring substituents is 2. The summed E-state index contributed by atoms with van der Waals surface area (Å²) in [6.07, 6.45) is 0. The molecule has 0 atom stereocenters. The Morgan fingerprint density at radius 3 is 2.04 bits per heavy atom. The minimum Gasteiger partial charge on any atom is -0.497 e. The Kier molecular flexibility index (Phi) is 5.05. The number of hydrogen-bond acceptors (Lipinski definition) is 6. The molecule has 1 N–H and O–H groups in total. The number of hydrogen-bond donors (Lipinski definition) is 1. The molecule has 0 spiro atoms. The highest BCUT2D eigenvalue weighted by Crippen LogP contribution is 2.22. The van der Waals surface area contributed by atoms with Crippen LogP contribution in [-0.2, 0) is 6.54 Å². The van der Waals surface area contributed by atoms with Gasteiger partial charge in [-0.25, -0.2) is 0 Å². The zero-order valence-corrected chi connectivity index (χ0v) is 12.6. The van der Waals surface area contributed by atoms with E-state index in [2.05, 4.69) is 5.32 Å². The molecule has 2 rings (SSSR count). The van der Waals surface area contributed by atoms with Gasteiger partial charge in [0, 0.05) is 18.7 Å². The van der Waals surface area contributed by atoms with E-state index in [0.717, 1.165) is 23.8 Å². The van der Waals surface area contributed by atoms with Crippen molar-refractivity contribution in [3.63, 3.8) is 0 Å². The smallest absolute Gasteiger partial charge is 0.277 e. The van der Waals surface area contributed by atoms with Gasteiger partial charge in [-0.3, -0.25) is 25.0 Å². The van der Waals surface area contributed by atoms with Crippen LogP contribution >= 0.6 is 0 Å². The van der Waals surface area contributed by atoms with Crippen molar-refractivity contribution in [1.82, 2.24) is 5.32 Å². The zero-order chi connectivity index (χ0) is 17.7. The van der Waals surface area contributed by atoms with E-state index in [-0.39, 0.29) is 12.1 Å². The van der Waals surface area contributed by atoms with Crippen LogP contribution in [-0.4, -0.2) is 22.9 Å². The van der Waals surface area contributed by atoms with Gasteiger partial charge < -0.3 is 10.1 Å².